The monoisotopic (exact) mass is 387 g/mol. The number of methoxy groups -OCH3 is 1. The van der Waals surface area contributed by atoms with Gasteiger partial charge in [-0.3, -0.25) is 0 Å². The van der Waals surface area contributed by atoms with Crippen molar-refractivity contribution in [1.82, 2.24) is 9.97 Å². The first-order valence-corrected chi connectivity index (χ1v) is 8.87. The predicted molar refractivity (Wildman–Crippen MR) is 108 cm³/mol. The molecule has 8 nitrogen and oxygen atoms in total. The smallest absolute Gasteiger partial charge is 0.250 e. The summed E-state index contributed by atoms with van der Waals surface area (Å²) >= 11 is 0. The molecule has 1 aromatic heterocycles. The van der Waals surface area contributed by atoms with Gasteiger partial charge in [0.2, 0.25) is 0 Å². The lowest BCUT2D eigenvalue weighted by Crippen LogP contribution is -2.04. The van der Waals surface area contributed by atoms with Crippen LogP contribution in [-0.4, -0.2) is 36.5 Å². The second kappa shape index (κ2) is 8.37. The number of hydrogen-bond acceptors (Lipinski definition) is 8. The van der Waals surface area contributed by atoms with Crippen LogP contribution in [0.5, 0.6) is 17.4 Å². The van der Waals surface area contributed by atoms with E-state index >= 15 is 0 Å². The largest absolute Gasteiger partial charge is 0.491 e. The van der Waals surface area contributed by atoms with Crippen molar-refractivity contribution in [2.24, 2.45) is 4.99 Å². The molecule has 1 aliphatic rings. The zero-order valence-electron chi connectivity index (χ0n) is 15.6. The van der Waals surface area contributed by atoms with E-state index in [2.05, 4.69) is 26.3 Å². The van der Waals surface area contributed by atoms with E-state index in [4.69, 9.17) is 19.5 Å². The van der Waals surface area contributed by atoms with Gasteiger partial charge in [0.05, 0.1) is 18.2 Å². The summed E-state index contributed by atoms with van der Waals surface area (Å²) < 4.78 is 16.6. The molecule has 144 valence electrons. The average molecular weight is 387 g/mol. The van der Waals surface area contributed by atoms with Gasteiger partial charge in [0, 0.05) is 30.6 Å². The molecule has 8 heteroatoms. The number of rotatable bonds is 6. The van der Waals surface area contributed by atoms with Crippen molar-refractivity contribution in [3.05, 3.63) is 59.9 Å². The van der Waals surface area contributed by atoms with Crippen LogP contribution >= 0.6 is 0 Å². The zero-order valence-corrected chi connectivity index (χ0v) is 15.6. The fraction of sp³-hybridized carbons (Fsp3) is 0.143. The van der Waals surface area contributed by atoms with Gasteiger partial charge in [-0.25, -0.2) is 9.98 Å². The topological polar surface area (TPSA) is 102 Å². The van der Waals surface area contributed by atoms with Crippen LogP contribution in [0.2, 0.25) is 0 Å². The normalized spacial score (nSPS) is 11.4. The lowest BCUT2D eigenvalue weighted by Gasteiger charge is -2.12. The summed E-state index contributed by atoms with van der Waals surface area (Å²) in [5.74, 6) is 2.05. The van der Waals surface area contributed by atoms with Crippen LogP contribution < -0.4 is 14.8 Å². The molecule has 3 aromatic rings. The van der Waals surface area contributed by atoms with E-state index in [0.29, 0.717) is 47.7 Å². The third-order valence-electron chi connectivity index (χ3n) is 4.12. The highest BCUT2D eigenvalue weighted by atomic mass is 16.5. The van der Waals surface area contributed by atoms with Crippen LogP contribution in [0.15, 0.2) is 53.8 Å². The van der Waals surface area contributed by atoms with Crippen molar-refractivity contribution < 1.29 is 14.2 Å². The minimum Gasteiger partial charge on any atom is -0.491 e. The van der Waals surface area contributed by atoms with Crippen LogP contribution in [0.3, 0.4) is 0 Å². The predicted octanol–water partition coefficient (Wildman–Crippen LogP) is 3.97. The Labute approximate surface area is 167 Å². The minimum atomic E-state index is 0.322. The number of fused-ring (bicyclic) bond motifs is 2. The van der Waals surface area contributed by atoms with E-state index in [0.717, 1.165) is 11.3 Å². The highest BCUT2D eigenvalue weighted by Gasteiger charge is 2.18. The van der Waals surface area contributed by atoms with E-state index < -0.39 is 0 Å². The number of aliphatic imine (C=N–C) groups is 1. The average Bonchev–Trinajstić information content (AvgIpc) is 2.93. The first-order chi connectivity index (χ1) is 14.3. The van der Waals surface area contributed by atoms with Gasteiger partial charge in [0.15, 0.2) is 11.5 Å². The Bertz CT molecular complexity index is 1110. The lowest BCUT2D eigenvalue weighted by atomic mass is 10.2. The zero-order chi connectivity index (χ0) is 20.1. The van der Waals surface area contributed by atoms with Crippen molar-refractivity contribution >= 4 is 23.4 Å². The van der Waals surface area contributed by atoms with Crippen molar-refractivity contribution in [3.63, 3.8) is 0 Å². The van der Waals surface area contributed by atoms with Crippen LogP contribution in [0.1, 0.15) is 11.1 Å². The van der Waals surface area contributed by atoms with Crippen LogP contribution in [0.25, 0.3) is 0 Å². The van der Waals surface area contributed by atoms with E-state index in [1.165, 1.54) is 6.33 Å². The summed E-state index contributed by atoms with van der Waals surface area (Å²) in [6, 6.07) is 14.7. The summed E-state index contributed by atoms with van der Waals surface area (Å²) in [5, 5.41) is 12.3. The standard InChI is InChI=1S/C21H17N5O3/c1-27-7-8-28-17-6-5-15-12-23-19-20(24-13-25-21(19)29-18(15)10-17)26-16-4-2-3-14(9-16)11-22/h2-6,9-10,12-13H,7-8H2,1H3,(H,24,25,26). The fourth-order valence-electron chi connectivity index (χ4n) is 2.73. The Kier molecular flexibility index (Phi) is 5.31. The van der Waals surface area contributed by atoms with Crippen molar-refractivity contribution in [1.29, 1.82) is 5.26 Å². The van der Waals surface area contributed by atoms with Gasteiger partial charge in [-0.05, 0) is 30.3 Å². The molecule has 4 rings (SSSR count). The molecule has 2 aromatic carbocycles. The van der Waals surface area contributed by atoms with Gasteiger partial charge in [-0.2, -0.15) is 10.2 Å². The highest BCUT2D eigenvalue weighted by Crippen LogP contribution is 2.40. The number of aromatic nitrogens is 2. The molecule has 0 saturated carbocycles. The number of hydrogen-bond donors (Lipinski definition) is 1. The minimum absolute atomic E-state index is 0.322. The molecule has 0 bridgehead atoms. The number of nitrogens with zero attached hydrogens (tertiary/aromatic N) is 4. The van der Waals surface area contributed by atoms with E-state index in [1.807, 2.05) is 18.2 Å². The Hall–Kier alpha value is -3.96. The van der Waals surface area contributed by atoms with Gasteiger partial charge in [-0.15, -0.1) is 0 Å². The van der Waals surface area contributed by atoms with E-state index in [9.17, 15) is 0 Å². The van der Waals surface area contributed by atoms with Crippen LogP contribution in [0, 0.1) is 11.3 Å². The molecule has 1 N–H and O–H groups in total. The van der Waals surface area contributed by atoms with Gasteiger partial charge in [-0.1, -0.05) is 6.07 Å². The molecule has 0 atom stereocenters. The third-order valence-corrected chi connectivity index (χ3v) is 4.12. The van der Waals surface area contributed by atoms with Crippen molar-refractivity contribution in [3.8, 4) is 23.4 Å². The molecule has 0 fully saturated rings. The second-order valence-corrected chi connectivity index (χ2v) is 6.09. The Morgan fingerprint density at radius 3 is 2.93 bits per heavy atom. The summed E-state index contributed by atoms with van der Waals surface area (Å²) in [5.41, 5.74) is 2.52. The summed E-state index contributed by atoms with van der Waals surface area (Å²) in [6.07, 6.45) is 3.09. The molecule has 0 aliphatic carbocycles. The molecular formula is C21H17N5O3. The third kappa shape index (κ3) is 4.15. The maximum Gasteiger partial charge on any atom is 0.250 e. The van der Waals surface area contributed by atoms with Gasteiger partial charge in [0.1, 0.15) is 24.4 Å². The van der Waals surface area contributed by atoms with Crippen molar-refractivity contribution in [2.75, 3.05) is 25.6 Å². The fourth-order valence-corrected chi connectivity index (χ4v) is 2.73. The molecule has 2 heterocycles. The van der Waals surface area contributed by atoms with Gasteiger partial charge < -0.3 is 19.5 Å². The molecular weight excluding hydrogens is 370 g/mol. The van der Waals surface area contributed by atoms with Crippen molar-refractivity contribution in [2.45, 2.75) is 0 Å². The second-order valence-electron chi connectivity index (χ2n) is 6.09. The Balaban J connectivity index is 1.62. The molecule has 29 heavy (non-hydrogen) atoms. The number of ether oxygens (including phenoxy) is 3. The number of benzene rings is 2. The maximum atomic E-state index is 9.08. The number of nitrogens with one attached hydrogen (secondary N) is 1. The first-order valence-electron chi connectivity index (χ1n) is 8.87. The molecule has 0 spiro atoms. The highest BCUT2D eigenvalue weighted by molar-refractivity contribution is 5.90. The summed E-state index contributed by atoms with van der Waals surface area (Å²) in [7, 11) is 1.62. The van der Waals surface area contributed by atoms with Crippen LogP contribution in [0.4, 0.5) is 17.2 Å². The molecule has 0 saturated heterocycles. The lowest BCUT2D eigenvalue weighted by molar-refractivity contribution is 0.146. The van der Waals surface area contributed by atoms with Gasteiger partial charge >= 0.3 is 0 Å². The molecule has 0 amide bonds. The number of anilines is 2. The molecule has 0 unspecified atom stereocenters. The maximum absolute atomic E-state index is 9.08. The summed E-state index contributed by atoms with van der Waals surface area (Å²) in [4.78, 5) is 13.0. The Morgan fingerprint density at radius 1 is 1.14 bits per heavy atom. The van der Waals surface area contributed by atoms with Crippen LogP contribution in [-0.2, 0) is 4.74 Å². The van der Waals surface area contributed by atoms with E-state index in [-0.39, 0.29) is 0 Å². The quantitative estimate of drug-likeness (QED) is 0.499. The Morgan fingerprint density at radius 2 is 2.07 bits per heavy atom. The van der Waals surface area contributed by atoms with Gasteiger partial charge in [0.25, 0.3) is 5.88 Å². The summed E-state index contributed by atoms with van der Waals surface area (Å²) in [6.45, 7) is 0.940. The SMILES string of the molecule is COCCOc1ccc2c(c1)Oc1ncnc(Nc3cccc(C#N)c3)c1N=C2. The van der Waals surface area contributed by atoms with E-state index in [1.54, 1.807) is 37.6 Å². The first kappa shape index (κ1) is 18.4. The molecule has 1 aliphatic heterocycles. The number of nitriles is 1. The molecule has 0 radical (unpaired) electrons.